The topological polar surface area (TPSA) is 52.6 Å². The fraction of sp³-hybridized carbons (Fsp3) is 0.882. The highest BCUT2D eigenvalue weighted by molar-refractivity contribution is 5.70. The molecule has 0 amide bonds. The number of esters is 2. The maximum Gasteiger partial charge on any atom is 0.306 e. The normalized spacial score (nSPS) is 12.2. The first-order chi connectivity index (χ1) is 9.95. The molecule has 0 N–H and O–H groups in total. The maximum atomic E-state index is 11.5. The Hall–Kier alpha value is -1.06. The molecule has 21 heavy (non-hydrogen) atoms. The van der Waals surface area contributed by atoms with Gasteiger partial charge in [0, 0.05) is 12.8 Å². The lowest BCUT2D eigenvalue weighted by Gasteiger charge is -2.11. The largest absolute Gasteiger partial charge is 0.466 e. The number of carbonyl (C=O) groups excluding carboxylic acids is 2. The van der Waals surface area contributed by atoms with Gasteiger partial charge in [0.15, 0.2) is 0 Å². The molecule has 0 spiro atoms. The van der Waals surface area contributed by atoms with Crippen LogP contribution in [0.2, 0.25) is 0 Å². The molecule has 1 atom stereocenters. The molecule has 0 aromatic heterocycles. The Balaban J connectivity index is 3.48. The monoisotopic (exact) mass is 300 g/mol. The zero-order valence-electron chi connectivity index (χ0n) is 14.2. The van der Waals surface area contributed by atoms with Gasteiger partial charge in [-0.2, -0.15) is 0 Å². The molecule has 0 aliphatic heterocycles. The Morgan fingerprint density at radius 1 is 0.905 bits per heavy atom. The SMILES string of the molecule is CCCC(C)OC(=O)CCCCC(=O)OCCCC(C)C. The molecule has 0 aromatic rings. The molecule has 0 rings (SSSR count). The first-order valence-electron chi connectivity index (χ1n) is 8.30. The van der Waals surface area contributed by atoms with Gasteiger partial charge < -0.3 is 9.47 Å². The molecular weight excluding hydrogens is 268 g/mol. The van der Waals surface area contributed by atoms with Crippen LogP contribution in [0.25, 0.3) is 0 Å². The third-order valence-electron chi connectivity index (χ3n) is 3.23. The molecule has 4 heteroatoms. The Morgan fingerprint density at radius 3 is 2.10 bits per heavy atom. The van der Waals surface area contributed by atoms with Crippen molar-refractivity contribution in [2.24, 2.45) is 5.92 Å². The molecule has 0 heterocycles. The van der Waals surface area contributed by atoms with Crippen molar-refractivity contribution in [3.05, 3.63) is 0 Å². The van der Waals surface area contributed by atoms with Crippen molar-refractivity contribution in [3.8, 4) is 0 Å². The summed E-state index contributed by atoms with van der Waals surface area (Å²) in [6, 6.07) is 0. The zero-order chi connectivity index (χ0) is 16.1. The molecule has 0 fully saturated rings. The lowest BCUT2D eigenvalue weighted by Crippen LogP contribution is -2.14. The minimum Gasteiger partial charge on any atom is -0.466 e. The highest BCUT2D eigenvalue weighted by Crippen LogP contribution is 2.08. The zero-order valence-corrected chi connectivity index (χ0v) is 14.2. The fourth-order valence-corrected chi connectivity index (χ4v) is 2.04. The summed E-state index contributed by atoms with van der Waals surface area (Å²) in [4.78, 5) is 23.0. The first-order valence-corrected chi connectivity index (χ1v) is 8.30. The van der Waals surface area contributed by atoms with Crippen molar-refractivity contribution >= 4 is 11.9 Å². The van der Waals surface area contributed by atoms with E-state index in [2.05, 4.69) is 20.8 Å². The van der Waals surface area contributed by atoms with E-state index in [-0.39, 0.29) is 18.0 Å². The van der Waals surface area contributed by atoms with Crippen LogP contribution in [0.1, 0.15) is 79.1 Å². The van der Waals surface area contributed by atoms with Gasteiger partial charge in [-0.05, 0) is 44.9 Å². The number of rotatable bonds is 12. The number of hydrogen-bond donors (Lipinski definition) is 0. The first kappa shape index (κ1) is 19.9. The van der Waals surface area contributed by atoms with Crippen molar-refractivity contribution in [2.45, 2.75) is 85.2 Å². The molecular formula is C17H32O4. The lowest BCUT2D eigenvalue weighted by atomic mass is 10.1. The highest BCUT2D eigenvalue weighted by atomic mass is 16.5. The van der Waals surface area contributed by atoms with Crippen molar-refractivity contribution < 1.29 is 19.1 Å². The van der Waals surface area contributed by atoms with Crippen molar-refractivity contribution in [2.75, 3.05) is 6.61 Å². The summed E-state index contributed by atoms with van der Waals surface area (Å²) >= 11 is 0. The van der Waals surface area contributed by atoms with Gasteiger partial charge in [-0.25, -0.2) is 0 Å². The van der Waals surface area contributed by atoms with E-state index in [1.54, 1.807) is 0 Å². The predicted octanol–water partition coefficient (Wildman–Crippen LogP) is 4.26. The quantitative estimate of drug-likeness (QED) is 0.399. The van der Waals surface area contributed by atoms with Crippen LogP contribution in [0.3, 0.4) is 0 Å². The molecule has 1 unspecified atom stereocenters. The predicted molar refractivity (Wildman–Crippen MR) is 84.0 cm³/mol. The van der Waals surface area contributed by atoms with Crippen LogP contribution in [0.5, 0.6) is 0 Å². The minimum absolute atomic E-state index is 0.00609. The van der Waals surface area contributed by atoms with E-state index in [4.69, 9.17) is 9.47 Å². The smallest absolute Gasteiger partial charge is 0.306 e. The number of ether oxygens (including phenoxy) is 2. The van der Waals surface area contributed by atoms with Gasteiger partial charge in [0.25, 0.3) is 0 Å². The van der Waals surface area contributed by atoms with Crippen molar-refractivity contribution in [1.29, 1.82) is 0 Å². The number of carbonyl (C=O) groups is 2. The summed E-state index contributed by atoms with van der Waals surface area (Å²) < 4.78 is 10.4. The summed E-state index contributed by atoms with van der Waals surface area (Å²) in [5, 5.41) is 0. The lowest BCUT2D eigenvalue weighted by molar-refractivity contribution is -0.149. The maximum absolute atomic E-state index is 11.5. The van der Waals surface area contributed by atoms with Crippen LogP contribution in [0, 0.1) is 5.92 Å². The van der Waals surface area contributed by atoms with E-state index in [0.717, 1.165) is 25.7 Å². The van der Waals surface area contributed by atoms with Gasteiger partial charge in [-0.3, -0.25) is 9.59 Å². The number of hydrogen-bond acceptors (Lipinski definition) is 4. The van der Waals surface area contributed by atoms with Crippen molar-refractivity contribution in [3.63, 3.8) is 0 Å². The Kier molecular flexibility index (Phi) is 12.0. The van der Waals surface area contributed by atoms with Gasteiger partial charge in [0.05, 0.1) is 12.7 Å². The van der Waals surface area contributed by atoms with Crippen LogP contribution < -0.4 is 0 Å². The van der Waals surface area contributed by atoms with Crippen molar-refractivity contribution in [1.82, 2.24) is 0 Å². The molecule has 0 aliphatic carbocycles. The third-order valence-corrected chi connectivity index (χ3v) is 3.23. The van der Waals surface area contributed by atoms with E-state index >= 15 is 0 Å². The molecule has 0 radical (unpaired) electrons. The second-order valence-corrected chi connectivity index (χ2v) is 6.05. The van der Waals surface area contributed by atoms with Gasteiger partial charge in [0.1, 0.15) is 0 Å². The van der Waals surface area contributed by atoms with E-state index in [1.165, 1.54) is 0 Å². The van der Waals surface area contributed by atoms with Gasteiger partial charge in [-0.15, -0.1) is 0 Å². The summed E-state index contributed by atoms with van der Waals surface area (Å²) in [6.45, 7) is 8.80. The Labute approximate surface area is 129 Å². The highest BCUT2D eigenvalue weighted by Gasteiger charge is 2.09. The van der Waals surface area contributed by atoms with E-state index < -0.39 is 0 Å². The van der Waals surface area contributed by atoms with E-state index in [1.807, 2.05) is 6.92 Å². The average Bonchev–Trinajstić information content (AvgIpc) is 2.39. The minimum atomic E-state index is -0.166. The molecule has 0 saturated heterocycles. The fourth-order valence-electron chi connectivity index (χ4n) is 2.04. The Morgan fingerprint density at radius 2 is 1.52 bits per heavy atom. The Bertz CT molecular complexity index is 287. The van der Waals surface area contributed by atoms with Gasteiger partial charge >= 0.3 is 11.9 Å². The molecule has 0 saturated carbocycles. The molecule has 0 aliphatic rings. The average molecular weight is 300 g/mol. The summed E-state index contributed by atoms with van der Waals surface area (Å²) in [7, 11) is 0. The summed E-state index contributed by atoms with van der Waals surface area (Å²) in [5.41, 5.74) is 0. The van der Waals surface area contributed by atoms with Crippen LogP contribution in [-0.2, 0) is 19.1 Å². The van der Waals surface area contributed by atoms with E-state index in [9.17, 15) is 9.59 Å². The second-order valence-electron chi connectivity index (χ2n) is 6.05. The van der Waals surface area contributed by atoms with Gasteiger partial charge in [-0.1, -0.05) is 27.2 Å². The van der Waals surface area contributed by atoms with Gasteiger partial charge in [0.2, 0.25) is 0 Å². The van der Waals surface area contributed by atoms with Crippen LogP contribution in [0.4, 0.5) is 0 Å². The van der Waals surface area contributed by atoms with Crippen LogP contribution in [-0.4, -0.2) is 24.6 Å². The summed E-state index contributed by atoms with van der Waals surface area (Å²) in [6.07, 6.45) is 6.03. The van der Waals surface area contributed by atoms with E-state index in [0.29, 0.717) is 38.2 Å². The second kappa shape index (κ2) is 12.7. The molecule has 0 bridgehead atoms. The molecule has 4 nitrogen and oxygen atoms in total. The molecule has 0 aromatic carbocycles. The number of unbranched alkanes of at least 4 members (excludes halogenated alkanes) is 1. The third kappa shape index (κ3) is 13.7. The standard InChI is InChI=1S/C17H32O4/c1-5-9-15(4)21-17(19)12-7-6-11-16(18)20-13-8-10-14(2)3/h14-15H,5-13H2,1-4H3. The van der Waals surface area contributed by atoms with Crippen LogP contribution in [0.15, 0.2) is 0 Å². The van der Waals surface area contributed by atoms with Crippen LogP contribution >= 0.6 is 0 Å². The summed E-state index contributed by atoms with van der Waals surface area (Å²) in [5.74, 6) is 0.317. The molecule has 124 valence electrons.